The lowest BCUT2D eigenvalue weighted by atomic mass is 10.2. The van der Waals surface area contributed by atoms with Gasteiger partial charge in [0.05, 0.1) is 0 Å². The van der Waals surface area contributed by atoms with E-state index in [0.717, 1.165) is 0 Å². The second kappa shape index (κ2) is 5.59. The molecule has 5 heteroatoms. The van der Waals surface area contributed by atoms with E-state index in [1.165, 1.54) is 18.2 Å². The van der Waals surface area contributed by atoms with Crippen LogP contribution in [0.5, 0.6) is 0 Å². The number of allylic oxidation sites excluding steroid dienone is 2. The summed E-state index contributed by atoms with van der Waals surface area (Å²) in [5.41, 5.74) is 11.8. The monoisotopic (exact) mass is 180 g/mol. The Morgan fingerprint density at radius 1 is 1.54 bits per heavy atom. The second-order valence-electron chi connectivity index (χ2n) is 1.95. The van der Waals surface area contributed by atoms with Crippen molar-refractivity contribution in [2.45, 2.75) is 0 Å². The van der Waals surface area contributed by atoms with Crippen LogP contribution in [0.1, 0.15) is 1.43 Å². The largest absolute Gasteiger partial charge is 0.366 e. The molecule has 0 rings (SSSR count). The first-order valence-corrected chi connectivity index (χ1v) is 3.36. The molecule has 0 saturated carbocycles. The highest BCUT2D eigenvalue weighted by atomic mass is 16.1. The summed E-state index contributed by atoms with van der Waals surface area (Å²) in [5, 5.41) is 2.77. The van der Waals surface area contributed by atoms with E-state index in [-0.39, 0.29) is 13.0 Å². The van der Waals surface area contributed by atoms with E-state index < -0.39 is 5.91 Å². The van der Waals surface area contributed by atoms with Crippen LogP contribution < -0.4 is 5.73 Å². The van der Waals surface area contributed by atoms with E-state index in [4.69, 9.17) is 11.3 Å². The lowest BCUT2D eigenvalue weighted by Crippen LogP contribution is -2.11. The second-order valence-corrected chi connectivity index (χ2v) is 1.95. The fourth-order valence-electron chi connectivity index (χ4n) is 0.547. The van der Waals surface area contributed by atoms with Crippen molar-refractivity contribution in [3.05, 3.63) is 37.0 Å². The van der Waals surface area contributed by atoms with Gasteiger partial charge in [-0.25, -0.2) is 5.53 Å². The molecule has 13 heavy (non-hydrogen) atoms. The maximum atomic E-state index is 11.1. The quantitative estimate of drug-likeness (QED) is 0.226. The van der Waals surface area contributed by atoms with Gasteiger partial charge in [0.25, 0.3) is 5.91 Å². The van der Waals surface area contributed by atoms with Gasteiger partial charge >= 0.3 is 0 Å². The smallest absolute Gasteiger partial charge is 0.280 e. The molecule has 0 aromatic heterocycles. The lowest BCUT2D eigenvalue weighted by Gasteiger charge is -1.93. The van der Waals surface area contributed by atoms with Gasteiger partial charge in [-0.2, -0.15) is 4.99 Å². The van der Waals surface area contributed by atoms with Crippen LogP contribution in [0.15, 0.2) is 47.1 Å². The van der Waals surface area contributed by atoms with Crippen LogP contribution in [-0.4, -0.2) is 11.9 Å². The van der Waals surface area contributed by atoms with E-state index in [1.54, 1.807) is 0 Å². The molecule has 0 aromatic carbocycles. The van der Waals surface area contributed by atoms with E-state index in [0.29, 0.717) is 0 Å². The van der Waals surface area contributed by atoms with Gasteiger partial charge in [0.1, 0.15) is 0 Å². The summed E-state index contributed by atoms with van der Waals surface area (Å²) in [7, 11) is 0. The lowest BCUT2D eigenvalue weighted by molar-refractivity contribution is -0.114. The van der Waals surface area contributed by atoms with Crippen LogP contribution >= 0.6 is 0 Å². The maximum Gasteiger partial charge on any atom is 0.280 e. The highest BCUT2D eigenvalue weighted by Gasteiger charge is 2.03. The standard InChI is InChI=1S/C8H10N4O.H2/c1-3-5-6(4-2)7(13)11-8(9)12-10;/h3-5,10H,1-2H2,(H2,9,11,13);1H/b6-5+,12-10?;. The zero-order valence-electron chi connectivity index (χ0n) is 7.03. The summed E-state index contributed by atoms with van der Waals surface area (Å²) in [6.45, 7) is 6.82. The zero-order valence-corrected chi connectivity index (χ0v) is 7.03. The molecule has 0 heterocycles. The van der Waals surface area contributed by atoms with Crippen LogP contribution in [0.2, 0.25) is 0 Å². The highest BCUT2D eigenvalue weighted by molar-refractivity contribution is 6.03. The number of aliphatic imine (C=N–C) groups is 1. The molecule has 1 amide bonds. The number of nitrogens with two attached hydrogens (primary N) is 1. The molecule has 0 bridgehead atoms. The Kier molecular flexibility index (Phi) is 4.71. The van der Waals surface area contributed by atoms with Gasteiger partial charge in [0, 0.05) is 7.00 Å². The molecule has 5 nitrogen and oxygen atoms in total. The third-order valence-corrected chi connectivity index (χ3v) is 1.09. The topological polar surface area (TPSA) is 91.7 Å². The molecule has 0 atom stereocenters. The number of hydrogen-bond acceptors (Lipinski definition) is 2. The molecule has 0 aliphatic rings. The number of rotatable bonds is 3. The number of nitrogens with one attached hydrogen (secondary N) is 1. The number of amides is 1. The van der Waals surface area contributed by atoms with Crippen molar-refractivity contribution < 1.29 is 6.22 Å². The van der Waals surface area contributed by atoms with E-state index in [9.17, 15) is 4.79 Å². The average Bonchev–Trinajstić information content (AvgIpc) is 2.13. The van der Waals surface area contributed by atoms with Crippen molar-refractivity contribution >= 4 is 11.9 Å². The number of carbonyl (C=O) groups excluding carboxylic acids is 1. The minimum absolute atomic E-state index is 0. The van der Waals surface area contributed by atoms with Gasteiger partial charge in [-0.15, -0.1) is 5.11 Å². The molecule has 0 aliphatic heterocycles. The first-order chi connectivity index (χ1) is 6.15. The summed E-state index contributed by atoms with van der Waals surface area (Å²) in [5.74, 6) is -0.981. The Morgan fingerprint density at radius 2 is 2.15 bits per heavy atom. The minimum Gasteiger partial charge on any atom is -0.366 e. The number of carbonyl (C=O) groups is 1. The molecule has 70 valence electrons. The summed E-state index contributed by atoms with van der Waals surface area (Å²) in [6, 6.07) is 0. The molecule has 0 fully saturated rings. The Labute approximate surface area is 77.3 Å². The van der Waals surface area contributed by atoms with Crippen LogP contribution in [0.4, 0.5) is 0 Å². The molecule has 0 unspecified atom stereocenters. The van der Waals surface area contributed by atoms with Crippen LogP contribution in [-0.2, 0) is 4.79 Å². The van der Waals surface area contributed by atoms with Crippen molar-refractivity contribution in [3.8, 4) is 0 Å². The molecule has 3 N–H and O–H groups in total. The Morgan fingerprint density at radius 3 is 2.54 bits per heavy atom. The molecule has 0 radical (unpaired) electrons. The molecule has 0 spiro atoms. The Balaban J connectivity index is 0. The fraction of sp³-hybridized carbons (Fsp3) is 0. The van der Waals surface area contributed by atoms with E-state index >= 15 is 0 Å². The summed E-state index contributed by atoms with van der Waals surface area (Å²) in [4.78, 5) is 14.4. The van der Waals surface area contributed by atoms with E-state index in [2.05, 4.69) is 23.3 Å². The Bertz CT molecular complexity index is 306. The van der Waals surface area contributed by atoms with Gasteiger partial charge < -0.3 is 5.73 Å². The van der Waals surface area contributed by atoms with Crippen LogP contribution in [0.25, 0.3) is 0 Å². The predicted octanol–water partition coefficient (Wildman–Crippen LogP) is 1.40. The highest BCUT2D eigenvalue weighted by Crippen LogP contribution is 1.99. The predicted molar refractivity (Wildman–Crippen MR) is 52.4 cm³/mol. The zero-order chi connectivity index (χ0) is 10.3. The molecular formula is C8H12N4O. The summed E-state index contributed by atoms with van der Waals surface area (Å²) in [6.07, 6.45) is 4.19. The minimum atomic E-state index is -0.594. The van der Waals surface area contributed by atoms with Crippen molar-refractivity contribution in [2.75, 3.05) is 0 Å². The van der Waals surface area contributed by atoms with Gasteiger partial charge in [-0.1, -0.05) is 25.3 Å². The summed E-state index contributed by atoms with van der Waals surface area (Å²) >= 11 is 0. The SMILES string of the molecule is C=C/C=C(\C=C)C(=O)N=C(N)N=N.[HH]. The van der Waals surface area contributed by atoms with Crippen molar-refractivity contribution in [1.29, 1.82) is 5.53 Å². The van der Waals surface area contributed by atoms with Gasteiger partial charge in [0.15, 0.2) is 0 Å². The molecule has 0 aromatic rings. The van der Waals surface area contributed by atoms with Crippen LogP contribution in [0.3, 0.4) is 0 Å². The van der Waals surface area contributed by atoms with Crippen molar-refractivity contribution in [2.24, 2.45) is 15.8 Å². The van der Waals surface area contributed by atoms with Crippen molar-refractivity contribution in [1.82, 2.24) is 0 Å². The maximum absolute atomic E-state index is 11.1. The van der Waals surface area contributed by atoms with Gasteiger partial charge in [-0.3, -0.25) is 4.79 Å². The van der Waals surface area contributed by atoms with Crippen molar-refractivity contribution in [3.63, 3.8) is 0 Å². The first kappa shape index (κ1) is 11.0. The van der Waals surface area contributed by atoms with Gasteiger partial charge in [0.2, 0.25) is 5.96 Å². The van der Waals surface area contributed by atoms with E-state index in [1.807, 2.05) is 0 Å². The number of nitrogens with zero attached hydrogens (tertiary/aromatic N) is 2. The Hall–Kier alpha value is -2.04. The normalized spacial score (nSPS) is 12.0. The van der Waals surface area contributed by atoms with Crippen LogP contribution in [0, 0.1) is 5.53 Å². The summed E-state index contributed by atoms with van der Waals surface area (Å²) < 4.78 is 0. The number of guanidine groups is 1. The molecular weight excluding hydrogens is 168 g/mol. The third kappa shape index (κ3) is 3.76. The number of hydrogen-bond donors (Lipinski definition) is 2. The average molecular weight is 180 g/mol. The molecule has 0 aliphatic carbocycles. The fourth-order valence-corrected chi connectivity index (χ4v) is 0.547. The first-order valence-electron chi connectivity index (χ1n) is 3.36. The third-order valence-electron chi connectivity index (χ3n) is 1.09. The molecule has 0 saturated heterocycles. The van der Waals surface area contributed by atoms with Gasteiger partial charge in [-0.05, 0) is 6.08 Å².